The van der Waals surface area contributed by atoms with Crippen LogP contribution >= 0.6 is 23.2 Å². The molecular formula is C20H25Cl2N3O3S. The standard InChI is InChI=1S/C20H25Cl2N3O3S/c1-4-25(29(27,28)18-13(2)23-24(3)19(18)22)20(26)16-7-5-14(6-8-16)15-9-11-17(21)12-10-15/h9-12,14,16H,4-8H2,1-3H3. The first-order chi connectivity index (χ1) is 13.7. The van der Waals surface area contributed by atoms with Crippen LogP contribution in [0.15, 0.2) is 29.2 Å². The van der Waals surface area contributed by atoms with Crippen molar-refractivity contribution < 1.29 is 13.2 Å². The van der Waals surface area contributed by atoms with Gasteiger partial charge in [-0.25, -0.2) is 12.7 Å². The summed E-state index contributed by atoms with van der Waals surface area (Å²) in [5.41, 5.74) is 1.49. The number of benzene rings is 1. The molecule has 29 heavy (non-hydrogen) atoms. The number of carbonyl (C=O) groups is 1. The van der Waals surface area contributed by atoms with Gasteiger partial charge in [-0.2, -0.15) is 5.10 Å². The van der Waals surface area contributed by atoms with Crippen molar-refractivity contribution in [3.63, 3.8) is 0 Å². The number of nitrogens with zero attached hydrogens (tertiary/aromatic N) is 3. The number of carbonyl (C=O) groups excluding carboxylic acids is 1. The van der Waals surface area contributed by atoms with E-state index in [0.29, 0.717) is 23.8 Å². The fourth-order valence-corrected chi connectivity index (χ4v) is 6.37. The van der Waals surface area contributed by atoms with Crippen LogP contribution in [0.1, 0.15) is 49.8 Å². The molecule has 1 aliphatic carbocycles. The first-order valence-electron chi connectivity index (χ1n) is 9.68. The highest BCUT2D eigenvalue weighted by Crippen LogP contribution is 2.38. The highest BCUT2D eigenvalue weighted by Gasteiger charge is 2.38. The lowest BCUT2D eigenvalue weighted by molar-refractivity contribution is -0.131. The average molecular weight is 458 g/mol. The number of hydrogen-bond donors (Lipinski definition) is 0. The van der Waals surface area contributed by atoms with Crippen molar-refractivity contribution in [2.75, 3.05) is 6.54 Å². The summed E-state index contributed by atoms with van der Waals surface area (Å²) in [5.74, 6) is -0.316. The minimum absolute atomic E-state index is 0.0141. The lowest BCUT2D eigenvalue weighted by Gasteiger charge is -2.31. The monoisotopic (exact) mass is 457 g/mol. The molecule has 0 atom stereocenters. The van der Waals surface area contributed by atoms with Gasteiger partial charge in [-0.05, 0) is 63.1 Å². The summed E-state index contributed by atoms with van der Waals surface area (Å²) in [6.45, 7) is 3.30. The third kappa shape index (κ3) is 4.32. The molecule has 1 aromatic heterocycles. The largest absolute Gasteiger partial charge is 0.273 e. The molecule has 0 aliphatic heterocycles. The van der Waals surface area contributed by atoms with Crippen LogP contribution in [0.3, 0.4) is 0 Å². The molecule has 0 unspecified atom stereocenters. The SMILES string of the molecule is CCN(C(=O)C1CCC(c2ccc(Cl)cc2)CC1)S(=O)(=O)c1c(C)nn(C)c1Cl. The minimum Gasteiger partial charge on any atom is -0.273 e. The second kappa shape index (κ2) is 8.66. The van der Waals surface area contributed by atoms with Gasteiger partial charge in [-0.15, -0.1) is 0 Å². The Morgan fingerprint density at radius 3 is 2.24 bits per heavy atom. The Kier molecular flexibility index (Phi) is 6.61. The molecule has 0 saturated heterocycles. The lowest BCUT2D eigenvalue weighted by Crippen LogP contribution is -2.41. The maximum atomic E-state index is 13.2. The van der Waals surface area contributed by atoms with Crippen molar-refractivity contribution in [1.29, 1.82) is 0 Å². The quantitative estimate of drug-likeness (QED) is 0.659. The summed E-state index contributed by atoms with van der Waals surface area (Å²) in [5, 5.41) is 4.79. The second-order valence-corrected chi connectivity index (χ2v) is 10.0. The van der Waals surface area contributed by atoms with Crippen LogP contribution in [0, 0.1) is 12.8 Å². The summed E-state index contributed by atoms with van der Waals surface area (Å²) in [4.78, 5) is 13.0. The van der Waals surface area contributed by atoms with E-state index in [4.69, 9.17) is 23.2 Å². The predicted molar refractivity (Wildman–Crippen MR) is 114 cm³/mol. The van der Waals surface area contributed by atoms with Gasteiger partial charge in [0.15, 0.2) is 0 Å². The number of halogens is 2. The lowest BCUT2D eigenvalue weighted by atomic mass is 9.78. The fraction of sp³-hybridized carbons (Fsp3) is 0.500. The minimum atomic E-state index is -4.06. The number of amides is 1. The molecular weight excluding hydrogens is 433 g/mol. The maximum Gasteiger partial charge on any atom is 0.271 e. The zero-order valence-electron chi connectivity index (χ0n) is 16.7. The molecule has 6 nitrogen and oxygen atoms in total. The Bertz CT molecular complexity index is 995. The third-order valence-electron chi connectivity index (χ3n) is 5.60. The number of hydrogen-bond acceptors (Lipinski definition) is 4. The zero-order chi connectivity index (χ0) is 21.3. The topological polar surface area (TPSA) is 72.3 Å². The second-order valence-electron chi connectivity index (χ2n) is 7.44. The van der Waals surface area contributed by atoms with Crippen LogP contribution < -0.4 is 0 Å². The number of aromatic nitrogens is 2. The maximum absolute atomic E-state index is 13.2. The Morgan fingerprint density at radius 2 is 1.76 bits per heavy atom. The van der Waals surface area contributed by atoms with Crippen molar-refractivity contribution in [3.05, 3.63) is 45.7 Å². The molecule has 0 radical (unpaired) electrons. The third-order valence-corrected chi connectivity index (χ3v) is 8.42. The molecule has 1 amide bonds. The zero-order valence-corrected chi connectivity index (χ0v) is 19.1. The van der Waals surface area contributed by atoms with Crippen LogP contribution in [0.4, 0.5) is 0 Å². The van der Waals surface area contributed by atoms with Crippen molar-refractivity contribution in [2.45, 2.75) is 50.3 Å². The van der Waals surface area contributed by atoms with Crippen molar-refractivity contribution >= 4 is 39.1 Å². The Morgan fingerprint density at radius 1 is 1.17 bits per heavy atom. The van der Waals surface area contributed by atoms with Crippen molar-refractivity contribution in [3.8, 4) is 0 Å². The van der Waals surface area contributed by atoms with Gasteiger partial charge in [0, 0.05) is 24.5 Å². The van der Waals surface area contributed by atoms with Gasteiger partial charge in [0.2, 0.25) is 5.91 Å². The van der Waals surface area contributed by atoms with E-state index in [1.165, 1.54) is 10.2 Å². The summed E-state index contributed by atoms with van der Waals surface area (Å²) in [6.07, 6.45) is 2.97. The van der Waals surface area contributed by atoms with Gasteiger partial charge in [0.05, 0.1) is 5.69 Å². The van der Waals surface area contributed by atoms with Crippen molar-refractivity contribution in [2.24, 2.45) is 13.0 Å². The molecule has 3 rings (SSSR count). The van der Waals surface area contributed by atoms with Crippen LogP contribution in [0.5, 0.6) is 0 Å². The van der Waals surface area contributed by atoms with Gasteiger partial charge < -0.3 is 0 Å². The van der Waals surface area contributed by atoms with E-state index in [2.05, 4.69) is 5.10 Å². The summed E-state index contributed by atoms with van der Waals surface area (Å²) >= 11 is 12.1. The predicted octanol–water partition coefficient (Wildman–Crippen LogP) is 4.55. The number of aryl methyl sites for hydroxylation is 2. The van der Waals surface area contributed by atoms with Gasteiger partial charge >= 0.3 is 0 Å². The van der Waals surface area contributed by atoms with Crippen LogP contribution in [0.2, 0.25) is 10.2 Å². The Balaban J connectivity index is 1.76. The number of sulfonamides is 1. The molecule has 158 valence electrons. The first-order valence-corrected chi connectivity index (χ1v) is 11.9. The molecule has 1 heterocycles. The summed E-state index contributed by atoms with van der Waals surface area (Å²) < 4.78 is 28.6. The molecule has 0 spiro atoms. The average Bonchev–Trinajstić information content (AvgIpc) is 2.95. The Labute approximate surface area is 181 Å². The van der Waals surface area contributed by atoms with Gasteiger partial charge in [-0.3, -0.25) is 9.48 Å². The van der Waals surface area contributed by atoms with Gasteiger partial charge in [0.25, 0.3) is 10.0 Å². The molecule has 1 saturated carbocycles. The summed E-state index contributed by atoms with van der Waals surface area (Å²) in [6, 6.07) is 7.79. The molecule has 1 aromatic carbocycles. The van der Waals surface area contributed by atoms with Crippen LogP contribution in [-0.2, 0) is 21.9 Å². The van der Waals surface area contributed by atoms with Gasteiger partial charge in [-0.1, -0.05) is 35.3 Å². The fourth-order valence-electron chi connectivity index (χ4n) is 4.07. The van der Waals surface area contributed by atoms with Crippen LogP contribution in [0.25, 0.3) is 0 Å². The first kappa shape index (κ1) is 22.1. The van der Waals surface area contributed by atoms with E-state index in [9.17, 15) is 13.2 Å². The van der Waals surface area contributed by atoms with E-state index in [0.717, 1.165) is 17.1 Å². The molecule has 2 aromatic rings. The molecule has 1 fully saturated rings. The van der Waals surface area contributed by atoms with Crippen LogP contribution in [-0.4, -0.2) is 35.0 Å². The molecule has 0 bridgehead atoms. The summed E-state index contributed by atoms with van der Waals surface area (Å²) in [7, 11) is -2.48. The molecule has 9 heteroatoms. The number of rotatable bonds is 5. The van der Waals surface area contributed by atoms with E-state index in [1.54, 1.807) is 20.9 Å². The highest BCUT2D eigenvalue weighted by atomic mass is 35.5. The normalized spacial score (nSPS) is 19.9. The smallest absolute Gasteiger partial charge is 0.271 e. The highest BCUT2D eigenvalue weighted by molar-refractivity contribution is 7.89. The molecule has 0 N–H and O–H groups in total. The van der Waals surface area contributed by atoms with E-state index < -0.39 is 10.0 Å². The molecule has 1 aliphatic rings. The van der Waals surface area contributed by atoms with Gasteiger partial charge in [0.1, 0.15) is 10.0 Å². The Hall–Kier alpha value is -1.57. The van der Waals surface area contributed by atoms with Crippen molar-refractivity contribution in [1.82, 2.24) is 14.1 Å². The van der Waals surface area contributed by atoms with E-state index >= 15 is 0 Å². The van der Waals surface area contributed by atoms with E-state index in [-0.39, 0.29) is 34.1 Å². The van der Waals surface area contributed by atoms with E-state index in [1.807, 2.05) is 24.3 Å².